The number of rotatable bonds is 14. The number of aryl methyl sites for hydroxylation is 2. The van der Waals surface area contributed by atoms with Crippen molar-refractivity contribution in [3.63, 3.8) is 0 Å². The van der Waals surface area contributed by atoms with Crippen molar-refractivity contribution in [3.8, 4) is 0 Å². The number of hydrogen-bond acceptors (Lipinski definition) is 6. The molecular weight excluding hydrogens is 494 g/mol. The lowest BCUT2D eigenvalue weighted by atomic mass is 10.1. The van der Waals surface area contributed by atoms with E-state index in [0.29, 0.717) is 29.6 Å². The summed E-state index contributed by atoms with van der Waals surface area (Å²) in [5.41, 5.74) is 4.30. The van der Waals surface area contributed by atoms with Gasteiger partial charge < -0.3 is 25.0 Å². The highest BCUT2D eigenvalue weighted by molar-refractivity contribution is 6.02. The van der Waals surface area contributed by atoms with E-state index >= 15 is 0 Å². The first-order valence-corrected chi connectivity index (χ1v) is 13.8. The minimum Gasteiger partial charge on any atom is -0.428 e. The van der Waals surface area contributed by atoms with Crippen molar-refractivity contribution in [3.05, 3.63) is 53.6 Å². The zero-order valence-corrected chi connectivity index (χ0v) is 24.5. The lowest BCUT2D eigenvalue weighted by Crippen LogP contribution is -2.32. The SMILES string of the molecule is Cc1ccc(NC(=O)Nc2cc(CCC(=O)OCOC(=O)CC(C)C)ccc2N(CC(C)C)CC(C)C)cc1. The quantitative estimate of drug-likeness (QED) is 0.203. The fourth-order valence-electron chi connectivity index (χ4n) is 4.06. The third-order valence-corrected chi connectivity index (χ3v) is 5.76. The Balaban J connectivity index is 2.15. The van der Waals surface area contributed by atoms with Crippen molar-refractivity contribution in [2.45, 2.75) is 67.7 Å². The van der Waals surface area contributed by atoms with Gasteiger partial charge in [0.1, 0.15) is 0 Å². The number of urea groups is 1. The summed E-state index contributed by atoms with van der Waals surface area (Å²) < 4.78 is 10.0. The van der Waals surface area contributed by atoms with E-state index in [2.05, 4.69) is 43.2 Å². The number of benzene rings is 2. The van der Waals surface area contributed by atoms with Crippen LogP contribution in [-0.4, -0.2) is 37.9 Å². The summed E-state index contributed by atoms with van der Waals surface area (Å²) in [6.07, 6.45) is 0.821. The molecule has 0 atom stereocenters. The number of esters is 2. The second-order valence-electron chi connectivity index (χ2n) is 11.2. The van der Waals surface area contributed by atoms with Gasteiger partial charge in [0.2, 0.25) is 6.79 Å². The summed E-state index contributed by atoms with van der Waals surface area (Å²) in [5, 5.41) is 5.92. The Kier molecular flexibility index (Phi) is 12.8. The van der Waals surface area contributed by atoms with Crippen LogP contribution in [0.4, 0.5) is 21.9 Å². The molecule has 0 aromatic heterocycles. The average molecular weight is 540 g/mol. The number of hydrogen-bond donors (Lipinski definition) is 2. The first-order valence-electron chi connectivity index (χ1n) is 13.8. The zero-order valence-electron chi connectivity index (χ0n) is 24.5. The van der Waals surface area contributed by atoms with E-state index in [1.54, 1.807) is 0 Å². The second-order valence-corrected chi connectivity index (χ2v) is 11.2. The van der Waals surface area contributed by atoms with Gasteiger partial charge in [-0.15, -0.1) is 0 Å². The van der Waals surface area contributed by atoms with Crippen LogP contribution < -0.4 is 15.5 Å². The van der Waals surface area contributed by atoms with Crippen molar-refractivity contribution >= 4 is 35.0 Å². The summed E-state index contributed by atoms with van der Waals surface area (Å²) in [5.74, 6) is 0.198. The molecule has 2 aromatic rings. The molecule has 0 radical (unpaired) electrons. The highest BCUT2D eigenvalue weighted by atomic mass is 16.7. The van der Waals surface area contributed by atoms with Crippen LogP contribution >= 0.6 is 0 Å². The number of amides is 2. The number of ether oxygens (including phenoxy) is 2. The van der Waals surface area contributed by atoms with Crippen LogP contribution in [0.25, 0.3) is 0 Å². The van der Waals surface area contributed by atoms with E-state index in [9.17, 15) is 14.4 Å². The summed E-state index contributed by atoms with van der Waals surface area (Å²) in [6.45, 7) is 15.8. The zero-order chi connectivity index (χ0) is 28.9. The molecule has 0 aliphatic rings. The lowest BCUT2D eigenvalue weighted by molar-refractivity contribution is -0.167. The van der Waals surface area contributed by atoms with Crippen molar-refractivity contribution < 1.29 is 23.9 Å². The Labute approximate surface area is 233 Å². The molecular formula is C31H45N3O5. The van der Waals surface area contributed by atoms with Gasteiger partial charge in [0, 0.05) is 31.6 Å². The van der Waals surface area contributed by atoms with Gasteiger partial charge in [-0.05, 0) is 60.9 Å². The van der Waals surface area contributed by atoms with Gasteiger partial charge in [0.05, 0.1) is 11.4 Å². The fourth-order valence-corrected chi connectivity index (χ4v) is 4.06. The lowest BCUT2D eigenvalue weighted by Gasteiger charge is -2.30. The van der Waals surface area contributed by atoms with Crippen molar-refractivity contribution in [1.29, 1.82) is 0 Å². The van der Waals surface area contributed by atoms with Crippen LogP contribution in [0, 0.1) is 24.7 Å². The molecule has 0 aliphatic carbocycles. The third kappa shape index (κ3) is 12.2. The smallest absolute Gasteiger partial charge is 0.323 e. The van der Waals surface area contributed by atoms with Crippen LogP contribution in [0.5, 0.6) is 0 Å². The number of anilines is 3. The first-order chi connectivity index (χ1) is 18.4. The number of nitrogens with one attached hydrogen (secondary N) is 2. The molecule has 214 valence electrons. The first kappa shape index (κ1) is 31.7. The molecule has 8 heteroatoms. The summed E-state index contributed by atoms with van der Waals surface area (Å²) in [4.78, 5) is 39.1. The van der Waals surface area contributed by atoms with Crippen molar-refractivity contribution in [2.24, 2.45) is 17.8 Å². The molecule has 0 saturated carbocycles. The molecule has 0 aliphatic heterocycles. The largest absolute Gasteiger partial charge is 0.428 e. The highest BCUT2D eigenvalue weighted by Crippen LogP contribution is 2.30. The van der Waals surface area contributed by atoms with E-state index in [0.717, 1.165) is 29.9 Å². The summed E-state index contributed by atoms with van der Waals surface area (Å²) >= 11 is 0. The van der Waals surface area contributed by atoms with E-state index in [1.165, 1.54) is 0 Å². The van der Waals surface area contributed by atoms with Crippen LogP contribution in [0.15, 0.2) is 42.5 Å². The highest BCUT2D eigenvalue weighted by Gasteiger charge is 2.17. The molecule has 8 nitrogen and oxygen atoms in total. The minimum atomic E-state index is -0.454. The van der Waals surface area contributed by atoms with E-state index in [1.807, 2.05) is 63.2 Å². The predicted molar refractivity (Wildman–Crippen MR) is 157 cm³/mol. The van der Waals surface area contributed by atoms with Crippen LogP contribution in [0.2, 0.25) is 0 Å². The Morgan fingerprint density at radius 2 is 1.41 bits per heavy atom. The number of carbonyl (C=O) groups excluding carboxylic acids is 3. The molecule has 0 heterocycles. The normalized spacial score (nSPS) is 11.0. The molecule has 39 heavy (non-hydrogen) atoms. The topological polar surface area (TPSA) is 97.0 Å². The maximum absolute atomic E-state index is 12.9. The van der Waals surface area contributed by atoms with Crippen LogP contribution in [0.1, 0.15) is 65.5 Å². The molecule has 0 fully saturated rings. The van der Waals surface area contributed by atoms with Crippen molar-refractivity contribution in [1.82, 2.24) is 0 Å². The summed E-state index contributed by atoms with van der Waals surface area (Å²) in [7, 11) is 0. The maximum atomic E-state index is 12.9. The summed E-state index contributed by atoms with van der Waals surface area (Å²) in [6, 6.07) is 13.2. The number of carbonyl (C=O) groups is 3. The Bertz CT molecular complexity index is 1070. The Morgan fingerprint density at radius 3 is 2.00 bits per heavy atom. The standard InChI is InChI=1S/C31H45N3O5/c1-21(2)16-30(36)39-20-38-29(35)15-11-25-10-14-28(34(18-22(3)4)19-23(5)6)27(17-25)33-31(37)32-26-12-8-24(7)9-13-26/h8-10,12-14,17,21-23H,11,15-16,18-20H2,1-7H3,(H2,32,33,37). The van der Waals surface area contributed by atoms with Gasteiger partial charge in [-0.25, -0.2) is 4.79 Å². The molecule has 0 unspecified atom stereocenters. The van der Waals surface area contributed by atoms with Gasteiger partial charge in [0.15, 0.2) is 0 Å². The Hall–Kier alpha value is -3.55. The van der Waals surface area contributed by atoms with Crippen LogP contribution in [-0.2, 0) is 25.5 Å². The van der Waals surface area contributed by atoms with Crippen LogP contribution in [0.3, 0.4) is 0 Å². The molecule has 0 saturated heterocycles. The predicted octanol–water partition coefficient (Wildman–Crippen LogP) is 6.78. The van der Waals surface area contributed by atoms with E-state index in [-0.39, 0.29) is 37.6 Å². The van der Waals surface area contributed by atoms with E-state index in [4.69, 9.17) is 9.47 Å². The molecule has 2 aromatic carbocycles. The molecule has 2 rings (SSSR count). The van der Waals surface area contributed by atoms with Crippen molar-refractivity contribution in [2.75, 3.05) is 35.4 Å². The molecule has 2 N–H and O–H groups in total. The molecule has 0 bridgehead atoms. The van der Waals surface area contributed by atoms with Gasteiger partial charge in [0.25, 0.3) is 0 Å². The van der Waals surface area contributed by atoms with Gasteiger partial charge in [-0.2, -0.15) is 0 Å². The van der Waals surface area contributed by atoms with E-state index < -0.39 is 5.97 Å². The second kappa shape index (κ2) is 15.8. The maximum Gasteiger partial charge on any atom is 0.323 e. The molecule has 0 spiro atoms. The van der Waals surface area contributed by atoms with Gasteiger partial charge in [-0.1, -0.05) is 65.3 Å². The minimum absolute atomic E-state index is 0.123. The fraction of sp³-hybridized carbons (Fsp3) is 0.516. The number of nitrogens with zero attached hydrogens (tertiary/aromatic N) is 1. The molecule has 2 amide bonds. The Morgan fingerprint density at radius 1 is 0.795 bits per heavy atom. The van der Waals surface area contributed by atoms with Gasteiger partial charge >= 0.3 is 18.0 Å². The van der Waals surface area contributed by atoms with Gasteiger partial charge in [-0.3, -0.25) is 9.59 Å². The third-order valence-electron chi connectivity index (χ3n) is 5.76. The average Bonchev–Trinajstić information content (AvgIpc) is 2.83. The monoisotopic (exact) mass is 539 g/mol.